The minimum atomic E-state index is -3.63. The van der Waals surface area contributed by atoms with E-state index in [0.717, 1.165) is 0 Å². The lowest BCUT2D eigenvalue weighted by molar-refractivity contribution is 0.439. The van der Waals surface area contributed by atoms with Crippen molar-refractivity contribution in [3.8, 4) is 0 Å². The highest BCUT2D eigenvalue weighted by molar-refractivity contribution is 7.89. The summed E-state index contributed by atoms with van der Waals surface area (Å²) in [4.78, 5) is 4.05. The fourth-order valence-electron chi connectivity index (χ4n) is 1.64. The molecule has 0 spiro atoms. The first-order valence-corrected chi connectivity index (χ1v) is 7.43. The van der Waals surface area contributed by atoms with Crippen LogP contribution < -0.4 is 10.5 Å². The molecular formula is C11H17ClN4O3S. The number of fused-ring (bicyclic) bond motifs is 1. The molecule has 7 nitrogen and oxygen atoms in total. The Balaban J connectivity index is 0.00000200. The number of halogens is 1. The fourth-order valence-corrected chi connectivity index (χ4v) is 2.87. The molecule has 0 aliphatic carbocycles. The van der Waals surface area contributed by atoms with Crippen LogP contribution in [0.25, 0.3) is 11.1 Å². The van der Waals surface area contributed by atoms with Gasteiger partial charge in [0.25, 0.3) is 5.71 Å². The number of aryl methyl sites for hydroxylation is 1. The number of nitrogens with one attached hydrogen (secondary N) is 1. The Morgan fingerprint density at radius 3 is 2.80 bits per heavy atom. The Labute approximate surface area is 123 Å². The predicted molar refractivity (Wildman–Crippen MR) is 77.3 cm³/mol. The Morgan fingerprint density at radius 1 is 1.50 bits per heavy atom. The van der Waals surface area contributed by atoms with Crippen LogP contribution in [0.15, 0.2) is 21.7 Å². The molecule has 2 heterocycles. The monoisotopic (exact) mass is 320 g/mol. The van der Waals surface area contributed by atoms with Gasteiger partial charge in [-0.1, -0.05) is 12.1 Å². The van der Waals surface area contributed by atoms with Crippen molar-refractivity contribution in [1.29, 1.82) is 0 Å². The van der Waals surface area contributed by atoms with Gasteiger partial charge in [0, 0.05) is 12.6 Å². The van der Waals surface area contributed by atoms with Crippen LogP contribution in [0.5, 0.6) is 0 Å². The summed E-state index contributed by atoms with van der Waals surface area (Å²) in [5.74, 6) is 0. The van der Waals surface area contributed by atoms with E-state index >= 15 is 0 Å². The summed E-state index contributed by atoms with van der Waals surface area (Å²) in [6, 6.07) is 1.18. The van der Waals surface area contributed by atoms with Gasteiger partial charge >= 0.3 is 0 Å². The van der Waals surface area contributed by atoms with Crippen molar-refractivity contribution in [2.75, 3.05) is 6.54 Å². The van der Waals surface area contributed by atoms with E-state index in [9.17, 15) is 8.42 Å². The van der Waals surface area contributed by atoms with Crippen molar-refractivity contribution >= 4 is 33.5 Å². The second kappa shape index (κ2) is 6.49. The van der Waals surface area contributed by atoms with Gasteiger partial charge in [-0.15, -0.1) is 12.4 Å². The molecule has 1 atom stereocenters. The molecule has 2 aromatic heterocycles. The van der Waals surface area contributed by atoms with Crippen LogP contribution in [-0.4, -0.2) is 31.1 Å². The summed E-state index contributed by atoms with van der Waals surface area (Å²) in [6.07, 6.45) is 1.89. The van der Waals surface area contributed by atoms with Crippen molar-refractivity contribution < 1.29 is 12.9 Å². The van der Waals surface area contributed by atoms with Crippen molar-refractivity contribution in [1.82, 2.24) is 14.9 Å². The van der Waals surface area contributed by atoms with Crippen LogP contribution in [0, 0.1) is 0 Å². The lowest BCUT2D eigenvalue weighted by atomic mass is 10.2. The highest BCUT2D eigenvalue weighted by Crippen LogP contribution is 2.20. The molecule has 0 saturated heterocycles. The van der Waals surface area contributed by atoms with Crippen LogP contribution in [-0.2, 0) is 16.4 Å². The molecule has 2 rings (SSSR count). The van der Waals surface area contributed by atoms with E-state index in [1.54, 1.807) is 6.92 Å². The Morgan fingerprint density at radius 2 is 2.20 bits per heavy atom. The van der Waals surface area contributed by atoms with Crippen LogP contribution >= 0.6 is 12.4 Å². The third-order valence-corrected chi connectivity index (χ3v) is 4.29. The number of pyridine rings is 1. The van der Waals surface area contributed by atoms with E-state index in [2.05, 4.69) is 14.9 Å². The number of sulfonamides is 1. The Hall–Kier alpha value is -1.22. The molecule has 0 aliphatic rings. The Bertz CT molecular complexity index is 686. The molecule has 0 aliphatic heterocycles. The van der Waals surface area contributed by atoms with Crippen molar-refractivity contribution in [3.63, 3.8) is 0 Å². The standard InChI is InChI=1S/C11H16N4O3S.ClH/c1-3-10-9-4-8(6-13-11(9)18-14-10)19(16,17)15-7(2)5-12;/h4,6-7,15H,3,5,12H2,1-2H3;1H/t7-;/m0./s1. The van der Waals surface area contributed by atoms with E-state index in [4.69, 9.17) is 10.3 Å². The zero-order valence-corrected chi connectivity index (χ0v) is 12.8. The molecule has 9 heteroatoms. The number of nitrogens with two attached hydrogens (primary N) is 1. The molecule has 0 amide bonds. The van der Waals surface area contributed by atoms with Gasteiger partial charge in [-0.05, 0) is 19.4 Å². The van der Waals surface area contributed by atoms with E-state index in [1.807, 2.05) is 6.92 Å². The van der Waals surface area contributed by atoms with Crippen LogP contribution in [0.3, 0.4) is 0 Å². The molecule has 3 N–H and O–H groups in total. The summed E-state index contributed by atoms with van der Waals surface area (Å²) in [5, 5.41) is 4.46. The van der Waals surface area contributed by atoms with E-state index in [1.165, 1.54) is 12.3 Å². The zero-order valence-electron chi connectivity index (χ0n) is 11.2. The van der Waals surface area contributed by atoms with Gasteiger partial charge < -0.3 is 10.3 Å². The van der Waals surface area contributed by atoms with Gasteiger partial charge in [0.2, 0.25) is 10.0 Å². The normalized spacial score (nSPS) is 13.2. The van der Waals surface area contributed by atoms with Gasteiger partial charge in [-0.2, -0.15) is 0 Å². The summed E-state index contributed by atoms with van der Waals surface area (Å²) < 4.78 is 31.7. The topological polar surface area (TPSA) is 111 Å². The minimum absolute atomic E-state index is 0. The first-order valence-electron chi connectivity index (χ1n) is 5.94. The third-order valence-electron chi connectivity index (χ3n) is 2.73. The fraction of sp³-hybridized carbons (Fsp3) is 0.455. The molecule has 20 heavy (non-hydrogen) atoms. The molecule has 0 saturated carbocycles. The van der Waals surface area contributed by atoms with Crippen molar-refractivity contribution in [3.05, 3.63) is 18.0 Å². The molecule has 0 radical (unpaired) electrons. The Kier molecular flexibility index (Phi) is 5.46. The third kappa shape index (κ3) is 3.26. The van der Waals surface area contributed by atoms with Crippen LogP contribution in [0.2, 0.25) is 0 Å². The number of hydrogen-bond acceptors (Lipinski definition) is 6. The van der Waals surface area contributed by atoms with Gasteiger partial charge in [0.1, 0.15) is 4.90 Å². The highest BCUT2D eigenvalue weighted by atomic mass is 35.5. The zero-order chi connectivity index (χ0) is 14.0. The molecule has 0 fully saturated rings. The lowest BCUT2D eigenvalue weighted by Crippen LogP contribution is -2.37. The minimum Gasteiger partial charge on any atom is -0.336 e. The first kappa shape index (κ1) is 16.8. The average molecular weight is 321 g/mol. The maximum atomic E-state index is 12.1. The average Bonchev–Trinajstić information content (AvgIpc) is 2.80. The summed E-state index contributed by atoms with van der Waals surface area (Å²) in [6.45, 7) is 3.83. The van der Waals surface area contributed by atoms with E-state index < -0.39 is 10.0 Å². The largest absolute Gasteiger partial charge is 0.336 e. The molecule has 2 aromatic rings. The summed E-state index contributed by atoms with van der Waals surface area (Å²) >= 11 is 0. The molecule has 112 valence electrons. The summed E-state index contributed by atoms with van der Waals surface area (Å²) in [7, 11) is -3.63. The number of rotatable bonds is 5. The summed E-state index contributed by atoms with van der Waals surface area (Å²) in [5.41, 5.74) is 6.43. The smallest absolute Gasteiger partial charge is 0.258 e. The number of nitrogens with zero attached hydrogens (tertiary/aromatic N) is 2. The van der Waals surface area contributed by atoms with Crippen LogP contribution in [0.1, 0.15) is 19.5 Å². The van der Waals surface area contributed by atoms with Gasteiger partial charge in [0.05, 0.1) is 17.3 Å². The molecule has 0 aromatic carbocycles. The van der Waals surface area contributed by atoms with Gasteiger partial charge in [-0.3, -0.25) is 0 Å². The predicted octanol–water partition coefficient (Wildman–Crippen LogP) is 0.832. The molecule has 0 unspecified atom stereocenters. The molecule has 0 bridgehead atoms. The maximum Gasteiger partial charge on any atom is 0.258 e. The van der Waals surface area contributed by atoms with E-state index in [-0.39, 0.29) is 29.9 Å². The second-order valence-corrected chi connectivity index (χ2v) is 5.98. The van der Waals surface area contributed by atoms with E-state index in [0.29, 0.717) is 23.2 Å². The lowest BCUT2D eigenvalue weighted by Gasteiger charge is -2.11. The second-order valence-electron chi connectivity index (χ2n) is 4.26. The van der Waals surface area contributed by atoms with Gasteiger partial charge in [-0.25, -0.2) is 18.1 Å². The maximum absolute atomic E-state index is 12.1. The number of aromatic nitrogens is 2. The van der Waals surface area contributed by atoms with Crippen molar-refractivity contribution in [2.45, 2.75) is 31.2 Å². The highest BCUT2D eigenvalue weighted by Gasteiger charge is 2.19. The first-order chi connectivity index (χ1) is 8.97. The number of hydrogen-bond donors (Lipinski definition) is 2. The van der Waals surface area contributed by atoms with Crippen molar-refractivity contribution in [2.24, 2.45) is 5.73 Å². The SMILES string of the molecule is CCc1noc2ncc(S(=O)(=O)N[C@@H](C)CN)cc12.Cl. The van der Waals surface area contributed by atoms with Gasteiger partial charge in [0.15, 0.2) is 0 Å². The molecular weight excluding hydrogens is 304 g/mol. The quantitative estimate of drug-likeness (QED) is 0.844. The van der Waals surface area contributed by atoms with Crippen LogP contribution in [0.4, 0.5) is 0 Å².